The minimum atomic E-state index is -0.358. The second kappa shape index (κ2) is 10.4. The van der Waals surface area contributed by atoms with Gasteiger partial charge in [0.1, 0.15) is 16.7 Å². The molecule has 4 aromatic heterocycles. The highest BCUT2D eigenvalue weighted by Crippen LogP contribution is 2.35. The number of piperidine rings is 1. The molecular formula is C26H26ClN7O3S. The number of pyridine rings is 2. The van der Waals surface area contributed by atoms with Crippen LogP contribution in [0.25, 0.3) is 21.6 Å². The predicted molar refractivity (Wildman–Crippen MR) is 146 cm³/mol. The van der Waals surface area contributed by atoms with Gasteiger partial charge in [0, 0.05) is 42.0 Å². The van der Waals surface area contributed by atoms with Crippen LogP contribution < -0.4 is 15.0 Å². The molecule has 0 atom stereocenters. The molecule has 2 saturated heterocycles. The fraction of sp³-hybridized carbons (Fsp3) is 0.385. The van der Waals surface area contributed by atoms with Gasteiger partial charge in [0.05, 0.1) is 38.3 Å². The van der Waals surface area contributed by atoms with Crippen molar-refractivity contribution in [2.45, 2.75) is 19.8 Å². The van der Waals surface area contributed by atoms with E-state index in [1.165, 1.54) is 23.7 Å². The van der Waals surface area contributed by atoms with Crippen LogP contribution in [0.4, 0.5) is 10.9 Å². The second-order valence-corrected chi connectivity index (χ2v) is 10.9. The van der Waals surface area contributed by atoms with Gasteiger partial charge in [-0.25, -0.2) is 15.0 Å². The zero-order valence-corrected chi connectivity index (χ0v) is 22.6. The van der Waals surface area contributed by atoms with Crippen molar-refractivity contribution in [2.24, 2.45) is 11.8 Å². The summed E-state index contributed by atoms with van der Waals surface area (Å²) in [5.41, 5.74) is 2.89. The van der Waals surface area contributed by atoms with Crippen molar-refractivity contribution in [3.63, 3.8) is 0 Å². The number of rotatable bonds is 6. The molecule has 196 valence electrons. The number of methoxy groups -OCH3 is 1. The van der Waals surface area contributed by atoms with Crippen LogP contribution >= 0.6 is 22.9 Å². The number of fused-ring (bicyclic) bond motifs is 1. The lowest BCUT2D eigenvalue weighted by Gasteiger charge is -2.39. The van der Waals surface area contributed by atoms with Crippen molar-refractivity contribution in [1.82, 2.24) is 24.9 Å². The number of nitrogens with one attached hydrogen (secondary N) is 1. The molecule has 0 saturated carbocycles. The van der Waals surface area contributed by atoms with E-state index in [1.54, 1.807) is 19.4 Å². The van der Waals surface area contributed by atoms with Crippen LogP contribution in [-0.4, -0.2) is 64.2 Å². The number of nitrogens with zero attached hydrogens (tertiary/aromatic N) is 6. The third-order valence-corrected chi connectivity index (χ3v) is 8.22. The molecule has 2 aliphatic rings. The Hall–Kier alpha value is -3.41. The van der Waals surface area contributed by atoms with Crippen molar-refractivity contribution in [3.8, 4) is 16.9 Å². The SMILES string of the molecule is COc1cnc(Cl)cc1-c1cc(C)ncc1C(=O)Nc1nc2ncc(N3CCC(C4COC4)CC3)nc2s1. The van der Waals surface area contributed by atoms with Crippen LogP contribution in [0.1, 0.15) is 28.9 Å². The number of ether oxygens (including phenoxy) is 2. The molecule has 0 aromatic carbocycles. The molecule has 12 heteroatoms. The summed E-state index contributed by atoms with van der Waals surface area (Å²) in [6, 6.07) is 3.49. The topological polar surface area (TPSA) is 115 Å². The highest BCUT2D eigenvalue weighted by Gasteiger charge is 2.31. The van der Waals surface area contributed by atoms with Gasteiger partial charge in [0.25, 0.3) is 5.91 Å². The van der Waals surface area contributed by atoms with Gasteiger partial charge < -0.3 is 14.4 Å². The third kappa shape index (κ3) is 4.89. The van der Waals surface area contributed by atoms with Gasteiger partial charge in [0.2, 0.25) is 0 Å². The zero-order chi connectivity index (χ0) is 26.2. The molecular weight excluding hydrogens is 526 g/mol. The third-order valence-electron chi connectivity index (χ3n) is 7.15. The Balaban J connectivity index is 1.22. The van der Waals surface area contributed by atoms with Crippen LogP contribution in [0, 0.1) is 18.8 Å². The predicted octanol–water partition coefficient (Wildman–Crippen LogP) is 4.63. The first-order chi connectivity index (χ1) is 18.5. The summed E-state index contributed by atoms with van der Waals surface area (Å²) in [4.78, 5) is 38.6. The number of carbonyl (C=O) groups excluding carboxylic acids is 1. The minimum absolute atomic E-state index is 0.294. The maximum absolute atomic E-state index is 13.4. The van der Waals surface area contributed by atoms with E-state index in [0.29, 0.717) is 49.1 Å². The van der Waals surface area contributed by atoms with Gasteiger partial charge >= 0.3 is 0 Å². The number of carbonyl (C=O) groups is 1. The number of anilines is 2. The lowest BCUT2D eigenvalue weighted by Crippen LogP contribution is -2.42. The van der Waals surface area contributed by atoms with Crippen molar-refractivity contribution in [3.05, 3.63) is 47.1 Å². The minimum Gasteiger partial charge on any atom is -0.494 e. The Morgan fingerprint density at radius 1 is 1.08 bits per heavy atom. The number of thiazole rings is 1. The van der Waals surface area contributed by atoms with Gasteiger partial charge in [-0.3, -0.25) is 15.1 Å². The Bertz CT molecular complexity index is 1500. The van der Waals surface area contributed by atoms with E-state index in [4.69, 9.17) is 26.1 Å². The van der Waals surface area contributed by atoms with Gasteiger partial charge in [-0.15, -0.1) is 0 Å². The number of halogens is 1. The Kier molecular flexibility index (Phi) is 6.81. The molecule has 38 heavy (non-hydrogen) atoms. The van der Waals surface area contributed by atoms with Crippen molar-refractivity contribution >= 4 is 50.3 Å². The highest BCUT2D eigenvalue weighted by molar-refractivity contribution is 7.21. The first-order valence-electron chi connectivity index (χ1n) is 12.4. The number of hydrogen-bond donors (Lipinski definition) is 1. The van der Waals surface area contributed by atoms with E-state index in [-0.39, 0.29) is 5.91 Å². The van der Waals surface area contributed by atoms with E-state index in [9.17, 15) is 4.79 Å². The average Bonchev–Trinajstić information content (AvgIpc) is 3.29. The lowest BCUT2D eigenvalue weighted by atomic mass is 9.83. The fourth-order valence-corrected chi connectivity index (χ4v) is 5.91. The van der Waals surface area contributed by atoms with E-state index >= 15 is 0 Å². The molecule has 0 aliphatic carbocycles. The van der Waals surface area contributed by atoms with Crippen LogP contribution in [0.3, 0.4) is 0 Å². The number of amides is 1. The molecule has 6 heterocycles. The molecule has 6 rings (SSSR count). The summed E-state index contributed by atoms with van der Waals surface area (Å²) in [6.07, 6.45) is 7.11. The Labute approximate surface area is 228 Å². The maximum Gasteiger partial charge on any atom is 0.259 e. The van der Waals surface area contributed by atoms with Crippen LogP contribution in [0.5, 0.6) is 5.75 Å². The quantitative estimate of drug-likeness (QED) is 0.342. The second-order valence-electron chi connectivity index (χ2n) is 9.53. The summed E-state index contributed by atoms with van der Waals surface area (Å²) >= 11 is 7.45. The summed E-state index contributed by atoms with van der Waals surface area (Å²) in [5.74, 6) is 2.42. The first-order valence-corrected chi connectivity index (χ1v) is 13.6. The molecule has 0 unspecified atom stereocenters. The highest BCUT2D eigenvalue weighted by atomic mass is 35.5. The van der Waals surface area contributed by atoms with Gasteiger partial charge in [-0.1, -0.05) is 22.9 Å². The van der Waals surface area contributed by atoms with Crippen LogP contribution in [0.2, 0.25) is 5.15 Å². The molecule has 2 aliphatic heterocycles. The largest absolute Gasteiger partial charge is 0.494 e. The van der Waals surface area contributed by atoms with Crippen molar-refractivity contribution in [2.75, 3.05) is 43.6 Å². The van der Waals surface area contributed by atoms with E-state index < -0.39 is 0 Å². The smallest absolute Gasteiger partial charge is 0.259 e. The molecule has 0 spiro atoms. The monoisotopic (exact) mass is 551 g/mol. The van der Waals surface area contributed by atoms with Gasteiger partial charge in [0.15, 0.2) is 15.6 Å². The Morgan fingerprint density at radius 3 is 2.63 bits per heavy atom. The van der Waals surface area contributed by atoms with Crippen LogP contribution in [0.15, 0.2) is 30.7 Å². The first kappa shape index (κ1) is 24.9. The van der Waals surface area contributed by atoms with Gasteiger partial charge in [-0.2, -0.15) is 4.98 Å². The summed E-state index contributed by atoms with van der Waals surface area (Å²) in [6.45, 7) is 5.56. The zero-order valence-electron chi connectivity index (χ0n) is 21.0. The molecule has 0 radical (unpaired) electrons. The number of aromatic nitrogens is 5. The van der Waals surface area contributed by atoms with Gasteiger partial charge in [-0.05, 0) is 37.8 Å². The van der Waals surface area contributed by atoms with Crippen molar-refractivity contribution < 1.29 is 14.3 Å². The molecule has 4 aromatic rings. The maximum atomic E-state index is 13.4. The van der Waals surface area contributed by atoms with E-state index in [2.05, 4.69) is 30.2 Å². The number of aryl methyl sites for hydroxylation is 1. The molecule has 10 nitrogen and oxygen atoms in total. The molecule has 0 bridgehead atoms. The standard InChI is InChI=1S/C26H26ClN7O3S/c1-14-7-17(18-8-21(27)29-10-20(18)36-2)19(9-28-14)24(35)33-26-32-23-25(38-26)31-22(11-30-23)34-5-3-15(4-6-34)16-12-37-13-16/h7-11,15-16H,3-6,12-13H2,1-2H3,(H,30,32,33,35). The average molecular weight is 552 g/mol. The fourth-order valence-electron chi connectivity index (χ4n) is 4.96. The summed E-state index contributed by atoms with van der Waals surface area (Å²) < 4.78 is 10.8. The number of hydrogen-bond acceptors (Lipinski definition) is 10. The molecule has 2 fully saturated rings. The van der Waals surface area contributed by atoms with E-state index in [0.717, 1.165) is 56.6 Å². The van der Waals surface area contributed by atoms with Crippen LogP contribution in [-0.2, 0) is 4.74 Å². The van der Waals surface area contributed by atoms with E-state index in [1.807, 2.05) is 13.0 Å². The summed E-state index contributed by atoms with van der Waals surface area (Å²) in [7, 11) is 1.54. The van der Waals surface area contributed by atoms with Crippen molar-refractivity contribution in [1.29, 1.82) is 0 Å². The normalized spacial score (nSPS) is 16.4. The summed E-state index contributed by atoms with van der Waals surface area (Å²) in [5, 5.41) is 3.60. The Morgan fingerprint density at radius 2 is 1.89 bits per heavy atom. The molecule has 1 N–H and O–H groups in total. The lowest BCUT2D eigenvalue weighted by molar-refractivity contribution is -0.0650. The molecule has 1 amide bonds.